The highest BCUT2D eigenvalue weighted by atomic mass is 32.1. The van der Waals surface area contributed by atoms with Gasteiger partial charge in [0.05, 0.1) is 0 Å². The molecule has 154 valence electrons. The van der Waals surface area contributed by atoms with Crippen LogP contribution in [0.4, 0.5) is 0 Å². The Morgan fingerprint density at radius 2 is 1.93 bits per heavy atom. The molecule has 0 radical (unpaired) electrons. The Bertz CT molecular complexity index is 758. The van der Waals surface area contributed by atoms with Gasteiger partial charge in [0.25, 0.3) is 0 Å². The second-order valence-corrected chi connectivity index (χ2v) is 10.5. The molecule has 0 bridgehead atoms. The fraction of sp³-hybridized carbons (Fsp3) is 0.630. The van der Waals surface area contributed by atoms with Crippen LogP contribution < -0.4 is 0 Å². The van der Waals surface area contributed by atoms with Crippen LogP contribution in [0, 0.1) is 11.8 Å². The average Bonchev–Trinajstić information content (AvgIpc) is 3.13. The molecule has 1 atom stereocenters. The molecule has 1 aromatic carbocycles. The first-order chi connectivity index (χ1) is 13.6. The van der Waals surface area contributed by atoms with Gasteiger partial charge in [-0.15, -0.1) is 11.3 Å². The van der Waals surface area contributed by atoms with Gasteiger partial charge < -0.3 is 0 Å². The molecule has 1 aliphatic rings. The molecule has 0 N–H and O–H groups in total. The Kier molecular flexibility index (Phi) is 8.21. The summed E-state index contributed by atoms with van der Waals surface area (Å²) in [5.41, 5.74) is 3.16. The molecule has 0 aliphatic heterocycles. The lowest BCUT2D eigenvalue weighted by molar-refractivity contribution is 0.308. The third-order valence-corrected chi connectivity index (χ3v) is 8.10. The SMILES string of the molecule is CCCC1CCC(c2ccc3cc(CC/C(C)=C/CC(C)CC)sc3c2)CC1. The lowest BCUT2D eigenvalue weighted by Gasteiger charge is -2.28. The predicted octanol–water partition coefficient (Wildman–Crippen LogP) is 9.29. The Morgan fingerprint density at radius 1 is 1.14 bits per heavy atom. The van der Waals surface area contributed by atoms with Crippen molar-refractivity contribution in [3.63, 3.8) is 0 Å². The van der Waals surface area contributed by atoms with Gasteiger partial charge in [-0.1, -0.05) is 63.8 Å². The van der Waals surface area contributed by atoms with Crippen LogP contribution in [0.15, 0.2) is 35.9 Å². The molecule has 0 nitrogen and oxygen atoms in total. The van der Waals surface area contributed by atoms with Gasteiger partial charge in [-0.3, -0.25) is 0 Å². The van der Waals surface area contributed by atoms with E-state index < -0.39 is 0 Å². The van der Waals surface area contributed by atoms with Crippen LogP contribution >= 0.6 is 11.3 Å². The Hall–Kier alpha value is -1.08. The van der Waals surface area contributed by atoms with E-state index in [0.29, 0.717) is 0 Å². The van der Waals surface area contributed by atoms with Gasteiger partial charge in [-0.2, -0.15) is 0 Å². The first-order valence-electron chi connectivity index (χ1n) is 11.8. The molecule has 0 amide bonds. The van der Waals surface area contributed by atoms with Crippen molar-refractivity contribution in [2.24, 2.45) is 11.8 Å². The second-order valence-electron chi connectivity index (χ2n) is 9.32. The van der Waals surface area contributed by atoms with Crippen molar-refractivity contribution < 1.29 is 0 Å². The molecule has 1 heteroatoms. The summed E-state index contributed by atoms with van der Waals surface area (Å²) in [5, 5.41) is 1.45. The Balaban J connectivity index is 1.58. The molecule has 2 aromatic rings. The van der Waals surface area contributed by atoms with E-state index in [1.54, 1.807) is 16.0 Å². The summed E-state index contributed by atoms with van der Waals surface area (Å²) in [7, 11) is 0. The number of aryl methyl sites for hydroxylation is 1. The molecule has 0 saturated heterocycles. The summed E-state index contributed by atoms with van der Waals surface area (Å²) in [4.78, 5) is 1.55. The minimum absolute atomic E-state index is 0.800. The predicted molar refractivity (Wildman–Crippen MR) is 128 cm³/mol. The minimum Gasteiger partial charge on any atom is -0.140 e. The summed E-state index contributed by atoms with van der Waals surface area (Å²) >= 11 is 2.03. The lowest BCUT2D eigenvalue weighted by Crippen LogP contribution is -2.13. The highest BCUT2D eigenvalue weighted by molar-refractivity contribution is 7.19. The van der Waals surface area contributed by atoms with Gasteiger partial charge in [0.15, 0.2) is 0 Å². The smallest absolute Gasteiger partial charge is 0.0348 e. The molecule has 1 aliphatic carbocycles. The number of rotatable bonds is 9. The van der Waals surface area contributed by atoms with Gasteiger partial charge in [-0.25, -0.2) is 0 Å². The van der Waals surface area contributed by atoms with E-state index in [9.17, 15) is 0 Å². The third kappa shape index (κ3) is 5.96. The normalized spacial score (nSPS) is 21.9. The van der Waals surface area contributed by atoms with E-state index in [1.807, 2.05) is 11.3 Å². The molecule has 3 rings (SSSR count). The molecule has 1 fully saturated rings. The number of benzene rings is 1. The van der Waals surface area contributed by atoms with Crippen molar-refractivity contribution in [1.29, 1.82) is 0 Å². The Morgan fingerprint density at radius 3 is 2.64 bits per heavy atom. The molecular formula is C27H40S. The molecule has 0 spiro atoms. The minimum atomic E-state index is 0.800. The number of hydrogen-bond acceptors (Lipinski definition) is 1. The molecule has 1 aromatic heterocycles. The highest BCUT2D eigenvalue weighted by Crippen LogP contribution is 2.39. The van der Waals surface area contributed by atoms with Crippen molar-refractivity contribution in [3.05, 3.63) is 46.4 Å². The summed E-state index contributed by atoms with van der Waals surface area (Å²) < 4.78 is 1.50. The third-order valence-electron chi connectivity index (χ3n) is 6.94. The van der Waals surface area contributed by atoms with E-state index in [1.165, 1.54) is 74.3 Å². The molecule has 1 heterocycles. The molecule has 28 heavy (non-hydrogen) atoms. The average molecular weight is 397 g/mol. The molecule has 1 saturated carbocycles. The van der Waals surface area contributed by atoms with Crippen molar-refractivity contribution in [3.8, 4) is 0 Å². The number of thiophene rings is 1. The largest absolute Gasteiger partial charge is 0.140 e. The first kappa shape index (κ1) is 21.6. The topological polar surface area (TPSA) is 0 Å². The number of fused-ring (bicyclic) bond motifs is 1. The van der Waals surface area contributed by atoms with Crippen molar-refractivity contribution >= 4 is 21.4 Å². The van der Waals surface area contributed by atoms with Crippen LogP contribution in [0.5, 0.6) is 0 Å². The zero-order chi connectivity index (χ0) is 19.9. The zero-order valence-corrected chi connectivity index (χ0v) is 19.4. The van der Waals surface area contributed by atoms with Crippen LogP contribution in [0.25, 0.3) is 10.1 Å². The summed E-state index contributed by atoms with van der Waals surface area (Å²) in [5.74, 6) is 2.61. The fourth-order valence-corrected chi connectivity index (χ4v) is 5.78. The highest BCUT2D eigenvalue weighted by Gasteiger charge is 2.22. The maximum Gasteiger partial charge on any atom is 0.0348 e. The summed E-state index contributed by atoms with van der Waals surface area (Å²) in [6.45, 7) is 9.28. The van der Waals surface area contributed by atoms with Crippen LogP contribution in [0.3, 0.4) is 0 Å². The van der Waals surface area contributed by atoms with E-state index in [2.05, 4.69) is 58.0 Å². The number of allylic oxidation sites excluding steroid dienone is 2. The van der Waals surface area contributed by atoms with Crippen LogP contribution in [-0.2, 0) is 6.42 Å². The van der Waals surface area contributed by atoms with Crippen LogP contribution in [0.1, 0.15) is 102 Å². The maximum atomic E-state index is 2.51. The van der Waals surface area contributed by atoms with Gasteiger partial charge in [0.2, 0.25) is 0 Å². The van der Waals surface area contributed by atoms with E-state index in [-0.39, 0.29) is 0 Å². The lowest BCUT2D eigenvalue weighted by atomic mass is 9.77. The maximum absolute atomic E-state index is 2.51. The fourth-order valence-electron chi connectivity index (χ4n) is 4.66. The van der Waals surface area contributed by atoms with Crippen LogP contribution in [0.2, 0.25) is 0 Å². The second kappa shape index (κ2) is 10.6. The first-order valence-corrected chi connectivity index (χ1v) is 12.6. The van der Waals surface area contributed by atoms with Crippen molar-refractivity contribution in [2.45, 2.75) is 97.8 Å². The monoisotopic (exact) mass is 396 g/mol. The van der Waals surface area contributed by atoms with Gasteiger partial charge >= 0.3 is 0 Å². The van der Waals surface area contributed by atoms with E-state index in [0.717, 1.165) is 17.8 Å². The van der Waals surface area contributed by atoms with E-state index >= 15 is 0 Å². The summed E-state index contributed by atoms with van der Waals surface area (Å²) in [6.07, 6.45) is 15.8. The van der Waals surface area contributed by atoms with Crippen molar-refractivity contribution in [2.75, 3.05) is 0 Å². The molecular weight excluding hydrogens is 356 g/mol. The Labute approximate surface area is 177 Å². The quantitative estimate of drug-likeness (QED) is 0.370. The zero-order valence-electron chi connectivity index (χ0n) is 18.6. The van der Waals surface area contributed by atoms with Crippen LogP contribution in [-0.4, -0.2) is 0 Å². The van der Waals surface area contributed by atoms with Crippen molar-refractivity contribution in [1.82, 2.24) is 0 Å². The number of hydrogen-bond donors (Lipinski definition) is 0. The van der Waals surface area contributed by atoms with Gasteiger partial charge in [0, 0.05) is 9.58 Å². The van der Waals surface area contributed by atoms with Gasteiger partial charge in [0.1, 0.15) is 0 Å². The summed E-state index contributed by atoms with van der Waals surface area (Å²) in [6, 6.07) is 9.75. The molecule has 1 unspecified atom stereocenters. The standard InChI is InChI=1S/C27H40S/c1-5-7-22-11-13-23(14-12-22)24-15-16-25-18-26(28-27(25)19-24)17-10-21(4)9-8-20(3)6-2/h9,15-16,18-20,22-23H,5-8,10-14,17H2,1-4H3/b21-9+. The van der Waals surface area contributed by atoms with E-state index in [4.69, 9.17) is 0 Å². The van der Waals surface area contributed by atoms with Gasteiger partial charge in [-0.05, 0) is 92.7 Å².